The number of carbonyl (C=O) groups excluding carboxylic acids is 1. The number of rotatable bonds is 6. The second kappa shape index (κ2) is 6.88. The maximum atomic E-state index is 11.5. The Kier molecular flexibility index (Phi) is 5.40. The highest BCUT2D eigenvalue weighted by Gasteiger charge is 2.12. The molecule has 16 heavy (non-hydrogen) atoms. The Morgan fingerprint density at radius 3 is 2.62 bits per heavy atom. The summed E-state index contributed by atoms with van der Waals surface area (Å²) in [5.41, 5.74) is 0.123. The fraction of sp³-hybridized carbons (Fsp3) is 0.462. The fourth-order valence-electron chi connectivity index (χ4n) is 1.41. The molecule has 0 atom stereocenters. The van der Waals surface area contributed by atoms with Crippen LogP contribution in [0.4, 0.5) is 0 Å². The Morgan fingerprint density at radius 1 is 1.19 bits per heavy atom. The molecule has 0 aliphatic rings. The van der Waals surface area contributed by atoms with Crippen LogP contribution in [-0.4, -0.2) is 12.6 Å². The highest BCUT2D eigenvalue weighted by atomic mass is 16.5. The van der Waals surface area contributed by atoms with Crippen molar-refractivity contribution < 1.29 is 14.6 Å². The van der Waals surface area contributed by atoms with E-state index in [1.807, 2.05) is 0 Å². The molecule has 0 amide bonds. The van der Waals surface area contributed by atoms with E-state index in [9.17, 15) is 9.90 Å². The Balaban J connectivity index is 2.33. The van der Waals surface area contributed by atoms with E-state index >= 15 is 0 Å². The van der Waals surface area contributed by atoms with Crippen LogP contribution in [0.25, 0.3) is 0 Å². The molecule has 0 unspecified atom stereocenters. The lowest BCUT2D eigenvalue weighted by molar-refractivity contribution is 0.0492. The Bertz CT molecular complexity index is 334. The first-order valence-electron chi connectivity index (χ1n) is 5.69. The van der Waals surface area contributed by atoms with Gasteiger partial charge in [-0.2, -0.15) is 0 Å². The number of ether oxygens (including phenoxy) is 1. The van der Waals surface area contributed by atoms with Crippen molar-refractivity contribution in [3.05, 3.63) is 29.8 Å². The van der Waals surface area contributed by atoms with Gasteiger partial charge in [-0.25, -0.2) is 4.79 Å². The van der Waals surface area contributed by atoms with Gasteiger partial charge in [-0.3, -0.25) is 5.11 Å². The van der Waals surface area contributed by atoms with Crippen molar-refractivity contribution in [2.45, 2.75) is 32.6 Å². The number of unbranched alkanes of at least 4 members (excludes halogenated alkanes) is 3. The van der Waals surface area contributed by atoms with Crippen LogP contribution in [0.5, 0.6) is 5.75 Å². The molecule has 0 heterocycles. The molecule has 0 N–H and O–H groups in total. The van der Waals surface area contributed by atoms with E-state index < -0.39 is 5.97 Å². The lowest BCUT2D eigenvalue weighted by Gasteiger charge is -2.04. The monoisotopic (exact) mass is 221 g/mol. The van der Waals surface area contributed by atoms with Crippen LogP contribution in [0.1, 0.15) is 43.0 Å². The third-order valence-electron chi connectivity index (χ3n) is 2.34. The summed E-state index contributed by atoms with van der Waals surface area (Å²) in [5.74, 6) is -0.789. The average molecular weight is 221 g/mol. The van der Waals surface area contributed by atoms with Gasteiger partial charge >= 0.3 is 5.97 Å². The zero-order valence-corrected chi connectivity index (χ0v) is 9.57. The molecule has 0 fully saturated rings. The zero-order chi connectivity index (χ0) is 11.8. The maximum Gasteiger partial charge on any atom is 0.342 e. The van der Waals surface area contributed by atoms with E-state index in [0.29, 0.717) is 6.61 Å². The molecule has 0 aromatic heterocycles. The van der Waals surface area contributed by atoms with Gasteiger partial charge in [0.05, 0.1) is 6.61 Å². The van der Waals surface area contributed by atoms with Crippen molar-refractivity contribution in [3.63, 3.8) is 0 Å². The minimum atomic E-state index is -0.512. The van der Waals surface area contributed by atoms with Gasteiger partial charge in [-0.05, 0) is 18.6 Å². The molecule has 3 heteroatoms. The summed E-state index contributed by atoms with van der Waals surface area (Å²) < 4.78 is 5.02. The molecule has 87 valence electrons. The standard InChI is InChI=1S/C13H17O3/c1-2-3-4-7-10-16-13(15)11-8-5-6-9-12(11)14/h5-6,8-9H,2-4,7,10H2,1H3. The summed E-state index contributed by atoms with van der Waals surface area (Å²) in [6.45, 7) is 2.52. The lowest BCUT2D eigenvalue weighted by atomic mass is 10.2. The Morgan fingerprint density at radius 2 is 1.94 bits per heavy atom. The van der Waals surface area contributed by atoms with Crippen LogP contribution in [0.3, 0.4) is 0 Å². The minimum Gasteiger partial charge on any atom is -0.462 e. The number of hydrogen-bond acceptors (Lipinski definition) is 2. The van der Waals surface area contributed by atoms with Gasteiger partial charge in [0.1, 0.15) is 5.56 Å². The van der Waals surface area contributed by atoms with Gasteiger partial charge in [-0.15, -0.1) is 0 Å². The van der Waals surface area contributed by atoms with E-state index in [-0.39, 0.29) is 11.3 Å². The molecule has 0 saturated heterocycles. The van der Waals surface area contributed by atoms with Crippen molar-refractivity contribution in [1.82, 2.24) is 0 Å². The largest absolute Gasteiger partial charge is 0.462 e. The predicted octanol–water partition coefficient (Wildman–Crippen LogP) is 3.57. The molecule has 0 spiro atoms. The van der Waals surface area contributed by atoms with Gasteiger partial charge in [0, 0.05) is 0 Å². The second-order valence-electron chi connectivity index (χ2n) is 3.69. The summed E-state index contributed by atoms with van der Waals surface area (Å²) in [7, 11) is 0. The number of esters is 1. The van der Waals surface area contributed by atoms with Gasteiger partial charge in [-0.1, -0.05) is 38.3 Å². The first-order valence-corrected chi connectivity index (χ1v) is 5.69. The summed E-state index contributed by atoms with van der Waals surface area (Å²) in [4.78, 5) is 11.5. The molecule has 1 rings (SSSR count). The second-order valence-corrected chi connectivity index (χ2v) is 3.69. The van der Waals surface area contributed by atoms with Crippen LogP contribution >= 0.6 is 0 Å². The number of carbonyl (C=O) groups is 1. The molecule has 3 nitrogen and oxygen atoms in total. The fourth-order valence-corrected chi connectivity index (χ4v) is 1.41. The van der Waals surface area contributed by atoms with Gasteiger partial charge < -0.3 is 4.74 Å². The summed E-state index contributed by atoms with van der Waals surface area (Å²) in [6, 6.07) is 6.14. The first-order chi connectivity index (χ1) is 7.75. The van der Waals surface area contributed by atoms with Crippen molar-refractivity contribution in [2.24, 2.45) is 0 Å². The van der Waals surface area contributed by atoms with Gasteiger partial charge in [0.2, 0.25) is 0 Å². The first kappa shape index (κ1) is 12.6. The van der Waals surface area contributed by atoms with Crippen molar-refractivity contribution in [2.75, 3.05) is 6.61 Å². The molecule has 1 radical (unpaired) electrons. The number of para-hydroxylation sites is 1. The number of hydrogen-bond donors (Lipinski definition) is 0. The topological polar surface area (TPSA) is 46.2 Å². The van der Waals surface area contributed by atoms with Gasteiger partial charge in [0.25, 0.3) is 0 Å². The van der Waals surface area contributed by atoms with Crippen LogP contribution in [-0.2, 0) is 9.84 Å². The normalized spacial score (nSPS) is 10.1. The van der Waals surface area contributed by atoms with Crippen molar-refractivity contribution in [3.8, 4) is 5.75 Å². The van der Waals surface area contributed by atoms with Gasteiger partial charge in [0.15, 0.2) is 5.75 Å². The summed E-state index contributed by atoms with van der Waals surface area (Å²) in [5, 5.41) is 11.3. The molecule has 0 aliphatic carbocycles. The van der Waals surface area contributed by atoms with E-state index in [2.05, 4.69) is 6.92 Å². The Labute approximate surface area is 96.1 Å². The molecule has 1 aromatic rings. The van der Waals surface area contributed by atoms with E-state index in [0.717, 1.165) is 25.7 Å². The maximum absolute atomic E-state index is 11.5. The summed E-state index contributed by atoms with van der Waals surface area (Å²) in [6.07, 6.45) is 4.22. The molecule has 0 aliphatic heterocycles. The molecule has 1 aromatic carbocycles. The van der Waals surface area contributed by atoms with Crippen LogP contribution in [0.15, 0.2) is 24.3 Å². The van der Waals surface area contributed by atoms with Crippen LogP contribution in [0.2, 0.25) is 0 Å². The van der Waals surface area contributed by atoms with Crippen LogP contribution < -0.4 is 0 Å². The predicted molar refractivity (Wildman–Crippen MR) is 61.0 cm³/mol. The lowest BCUT2D eigenvalue weighted by Crippen LogP contribution is -2.06. The van der Waals surface area contributed by atoms with Crippen molar-refractivity contribution >= 4 is 5.97 Å². The Hall–Kier alpha value is -1.51. The molecular weight excluding hydrogens is 204 g/mol. The van der Waals surface area contributed by atoms with Crippen LogP contribution in [0, 0.1) is 0 Å². The quantitative estimate of drug-likeness (QED) is 0.544. The zero-order valence-electron chi connectivity index (χ0n) is 9.57. The van der Waals surface area contributed by atoms with E-state index in [1.54, 1.807) is 12.1 Å². The summed E-state index contributed by atoms with van der Waals surface area (Å²) >= 11 is 0. The number of benzene rings is 1. The third-order valence-corrected chi connectivity index (χ3v) is 2.34. The molecular formula is C13H17O3. The third kappa shape index (κ3) is 3.93. The van der Waals surface area contributed by atoms with Crippen molar-refractivity contribution in [1.29, 1.82) is 0 Å². The average Bonchev–Trinajstić information content (AvgIpc) is 2.29. The SMILES string of the molecule is CCCCCCOC(=O)c1ccccc1[O]. The highest BCUT2D eigenvalue weighted by Crippen LogP contribution is 2.17. The van der Waals surface area contributed by atoms with E-state index in [4.69, 9.17) is 4.74 Å². The molecule has 0 saturated carbocycles. The van der Waals surface area contributed by atoms with E-state index in [1.165, 1.54) is 12.1 Å². The molecule has 0 bridgehead atoms. The minimum absolute atomic E-state index is 0.123. The smallest absolute Gasteiger partial charge is 0.342 e. The highest BCUT2D eigenvalue weighted by molar-refractivity contribution is 5.92.